The normalized spacial score (nSPS) is 27.0. The summed E-state index contributed by atoms with van der Waals surface area (Å²) in [5.41, 5.74) is 0. The summed E-state index contributed by atoms with van der Waals surface area (Å²) >= 11 is 7.32. The van der Waals surface area contributed by atoms with Crippen LogP contribution < -0.4 is 0 Å². The molecule has 1 nitrogen and oxygen atoms in total. The van der Waals surface area contributed by atoms with E-state index < -0.39 is 0 Å². The van der Waals surface area contributed by atoms with E-state index in [4.69, 9.17) is 4.74 Å². The van der Waals surface area contributed by atoms with Crippen molar-refractivity contribution in [3.8, 4) is 0 Å². The Morgan fingerprint density at radius 2 is 2.57 bits per heavy atom. The molecule has 78 valence electrons. The van der Waals surface area contributed by atoms with Crippen LogP contribution in [0.3, 0.4) is 0 Å². The maximum absolute atomic E-state index is 5.53. The molecule has 2 rings (SSSR count). The Kier molecular flexibility index (Phi) is 3.93. The fraction of sp³-hybridized carbons (Fsp3) is 0.600. The van der Waals surface area contributed by atoms with E-state index in [1.54, 1.807) is 0 Å². The summed E-state index contributed by atoms with van der Waals surface area (Å²) in [6, 6.07) is 2.21. The van der Waals surface area contributed by atoms with Crippen LogP contribution in [0.15, 0.2) is 15.9 Å². The van der Waals surface area contributed by atoms with E-state index in [9.17, 15) is 0 Å². The molecule has 0 spiro atoms. The van der Waals surface area contributed by atoms with Crippen LogP contribution in [-0.4, -0.2) is 18.0 Å². The van der Waals surface area contributed by atoms with Crippen molar-refractivity contribution in [2.45, 2.75) is 30.5 Å². The van der Waals surface area contributed by atoms with Gasteiger partial charge in [-0.15, -0.1) is 11.3 Å². The number of ether oxygens (including phenoxy) is 1. The van der Waals surface area contributed by atoms with Crippen molar-refractivity contribution in [3.05, 3.63) is 20.8 Å². The molecule has 0 saturated carbocycles. The van der Waals surface area contributed by atoms with Gasteiger partial charge in [0.05, 0.1) is 6.10 Å². The average Bonchev–Trinajstić information content (AvgIpc) is 2.72. The molecule has 0 aromatic carbocycles. The number of thiophene rings is 1. The van der Waals surface area contributed by atoms with Gasteiger partial charge in [0, 0.05) is 32.3 Å². The Morgan fingerprint density at radius 3 is 3.14 bits per heavy atom. The van der Waals surface area contributed by atoms with Gasteiger partial charge >= 0.3 is 0 Å². The lowest BCUT2D eigenvalue weighted by Gasteiger charge is -2.12. The van der Waals surface area contributed by atoms with Gasteiger partial charge in [-0.3, -0.25) is 0 Å². The molecular formula is C10H13BrOS2. The minimum absolute atomic E-state index is 0.434. The molecule has 1 fully saturated rings. The summed E-state index contributed by atoms with van der Waals surface area (Å²) in [5, 5.41) is 2.83. The van der Waals surface area contributed by atoms with Crippen molar-refractivity contribution in [1.29, 1.82) is 0 Å². The second-order valence-corrected chi connectivity index (χ2v) is 6.58. The van der Waals surface area contributed by atoms with Crippen molar-refractivity contribution >= 4 is 39.0 Å². The second-order valence-electron chi connectivity index (χ2n) is 3.45. The molecule has 1 saturated heterocycles. The van der Waals surface area contributed by atoms with Gasteiger partial charge in [0.25, 0.3) is 0 Å². The lowest BCUT2D eigenvalue weighted by molar-refractivity contribution is 0.127. The molecule has 0 bridgehead atoms. The van der Waals surface area contributed by atoms with Crippen molar-refractivity contribution < 1.29 is 4.74 Å². The Bertz CT molecular complexity index is 300. The van der Waals surface area contributed by atoms with Crippen LogP contribution in [0.4, 0.5) is 0 Å². The van der Waals surface area contributed by atoms with E-state index in [-0.39, 0.29) is 0 Å². The molecule has 0 N–H and O–H groups in total. The fourth-order valence-electron chi connectivity index (χ4n) is 1.55. The molecular weight excluding hydrogens is 280 g/mol. The van der Waals surface area contributed by atoms with E-state index >= 15 is 0 Å². The molecule has 0 radical (unpaired) electrons. The number of halogens is 1. The number of hydrogen-bond acceptors (Lipinski definition) is 3. The number of rotatable bonds is 3. The van der Waals surface area contributed by atoms with Gasteiger partial charge in [-0.25, -0.2) is 0 Å². The summed E-state index contributed by atoms with van der Waals surface area (Å²) in [7, 11) is 0. The molecule has 14 heavy (non-hydrogen) atoms. The van der Waals surface area contributed by atoms with Crippen LogP contribution >= 0.6 is 39.0 Å². The van der Waals surface area contributed by atoms with Gasteiger partial charge in [-0.05, 0) is 35.3 Å². The Hall–Kier alpha value is 0.490. The lowest BCUT2D eigenvalue weighted by atomic mass is 10.3. The Balaban J connectivity index is 1.82. The minimum atomic E-state index is 0.434. The van der Waals surface area contributed by atoms with Gasteiger partial charge in [-0.2, -0.15) is 11.8 Å². The highest BCUT2D eigenvalue weighted by Crippen LogP contribution is 2.31. The Labute approximate surface area is 101 Å². The molecule has 0 aliphatic carbocycles. The third-order valence-corrected chi connectivity index (χ3v) is 5.77. The van der Waals surface area contributed by atoms with Crippen LogP contribution in [0.5, 0.6) is 0 Å². The highest BCUT2D eigenvalue weighted by atomic mass is 79.9. The summed E-state index contributed by atoms with van der Waals surface area (Å²) in [4.78, 5) is 1.45. The van der Waals surface area contributed by atoms with Gasteiger partial charge in [0.2, 0.25) is 0 Å². The van der Waals surface area contributed by atoms with E-state index in [0.29, 0.717) is 11.4 Å². The van der Waals surface area contributed by atoms with Gasteiger partial charge in [-0.1, -0.05) is 0 Å². The van der Waals surface area contributed by atoms with E-state index in [2.05, 4.69) is 34.3 Å². The zero-order valence-corrected chi connectivity index (χ0v) is 11.3. The first-order valence-electron chi connectivity index (χ1n) is 4.72. The summed E-state index contributed by atoms with van der Waals surface area (Å²) in [5.74, 6) is 1.12. The van der Waals surface area contributed by atoms with Crippen LogP contribution in [0.1, 0.15) is 18.2 Å². The molecule has 1 aromatic rings. The molecule has 1 aliphatic rings. The first kappa shape index (κ1) is 11.0. The lowest BCUT2D eigenvalue weighted by Crippen LogP contribution is -2.13. The highest BCUT2D eigenvalue weighted by Gasteiger charge is 2.24. The van der Waals surface area contributed by atoms with Crippen molar-refractivity contribution in [1.82, 2.24) is 0 Å². The van der Waals surface area contributed by atoms with Crippen molar-refractivity contribution in [3.63, 3.8) is 0 Å². The first-order valence-corrected chi connectivity index (χ1v) is 7.44. The fourth-order valence-corrected chi connectivity index (χ4v) is 4.34. The number of hydrogen-bond donors (Lipinski definition) is 0. The zero-order chi connectivity index (χ0) is 9.97. The van der Waals surface area contributed by atoms with Crippen LogP contribution in [-0.2, 0) is 10.5 Å². The van der Waals surface area contributed by atoms with Crippen LogP contribution in [0, 0.1) is 0 Å². The highest BCUT2D eigenvalue weighted by molar-refractivity contribution is 9.10. The smallest absolute Gasteiger partial charge is 0.0666 e. The maximum atomic E-state index is 5.53. The molecule has 4 heteroatoms. The summed E-state index contributed by atoms with van der Waals surface area (Å²) < 4.78 is 6.73. The molecule has 2 unspecified atom stereocenters. The molecule has 2 heterocycles. The van der Waals surface area contributed by atoms with Gasteiger partial charge in [0.1, 0.15) is 0 Å². The third-order valence-electron chi connectivity index (χ3n) is 2.37. The standard InChI is InChI=1S/C10H13BrOS2/c1-7-10(2-3-12-7)14-6-9-4-8(11)5-13-9/h4-5,7,10H,2-3,6H2,1H3. The second kappa shape index (κ2) is 5.01. The van der Waals surface area contributed by atoms with Crippen molar-refractivity contribution in [2.75, 3.05) is 6.61 Å². The van der Waals surface area contributed by atoms with Gasteiger partial charge < -0.3 is 4.74 Å². The predicted octanol–water partition coefficient (Wildman–Crippen LogP) is 3.92. The molecule has 2 atom stereocenters. The van der Waals surface area contributed by atoms with Crippen LogP contribution in [0.25, 0.3) is 0 Å². The van der Waals surface area contributed by atoms with Crippen molar-refractivity contribution in [2.24, 2.45) is 0 Å². The largest absolute Gasteiger partial charge is 0.377 e. The van der Waals surface area contributed by atoms with E-state index in [1.165, 1.54) is 15.8 Å². The van der Waals surface area contributed by atoms with E-state index in [1.807, 2.05) is 23.1 Å². The maximum Gasteiger partial charge on any atom is 0.0666 e. The molecule has 1 aliphatic heterocycles. The predicted molar refractivity (Wildman–Crippen MR) is 67.1 cm³/mol. The summed E-state index contributed by atoms with van der Waals surface area (Å²) in [6.07, 6.45) is 1.64. The molecule has 0 amide bonds. The average molecular weight is 293 g/mol. The number of thioether (sulfide) groups is 1. The first-order chi connectivity index (χ1) is 6.75. The summed E-state index contributed by atoms with van der Waals surface area (Å²) in [6.45, 7) is 3.11. The zero-order valence-electron chi connectivity index (χ0n) is 8.03. The SMILES string of the molecule is CC1OCCC1SCc1cc(Br)cs1. The van der Waals surface area contributed by atoms with Crippen LogP contribution in [0.2, 0.25) is 0 Å². The van der Waals surface area contributed by atoms with E-state index in [0.717, 1.165) is 12.4 Å². The molecule has 1 aromatic heterocycles. The third kappa shape index (κ3) is 2.75. The topological polar surface area (TPSA) is 9.23 Å². The minimum Gasteiger partial charge on any atom is -0.377 e. The quantitative estimate of drug-likeness (QED) is 0.835. The Morgan fingerprint density at radius 1 is 1.71 bits per heavy atom. The van der Waals surface area contributed by atoms with Gasteiger partial charge in [0.15, 0.2) is 0 Å². The monoisotopic (exact) mass is 292 g/mol.